The van der Waals surface area contributed by atoms with Crippen LogP contribution in [0.2, 0.25) is 0 Å². The van der Waals surface area contributed by atoms with Crippen LogP contribution in [0.1, 0.15) is 101 Å². The van der Waals surface area contributed by atoms with E-state index in [1.807, 2.05) is 0 Å². The van der Waals surface area contributed by atoms with Crippen LogP contribution in [-0.4, -0.2) is 0 Å². The number of hydrogen-bond donors (Lipinski definition) is 0. The summed E-state index contributed by atoms with van der Waals surface area (Å²) >= 11 is 0. The van der Waals surface area contributed by atoms with Gasteiger partial charge in [0.1, 0.15) is 0 Å². The monoisotopic (exact) mass is 374 g/mol. The zero-order valence-corrected chi connectivity index (χ0v) is 18.7. The summed E-state index contributed by atoms with van der Waals surface area (Å²) in [6.07, 6.45) is 7.74. The maximum absolute atomic E-state index is 2.58. The summed E-state index contributed by atoms with van der Waals surface area (Å²) < 4.78 is 0. The van der Waals surface area contributed by atoms with Gasteiger partial charge in [0.25, 0.3) is 0 Å². The number of rotatable bonds is 2. The second-order valence-corrected chi connectivity index (χ2v) is 10.5. The van der Waals surface area contributed by atoms with Gasteiger partial charge in [-0.15, -0.1) is 0 Å². The van der Waals surface area contributed by atoms with Gasteiger partial charge in [-0.2, -0.15) is 0 Å². The summed E-state index contributed by atoms with van der Waals surface area (Å²) in [7, 11) is 0. The lowest BCUT2D eigenvalue weighted by Crippen LogP contribution is -2.34. The minimum absolute atomic E-state index is 0. The van der Waals surface area contributed by atoms with Crippen molar-refractivity contribution in [2.45, 2.75) is 90.9 Å². The highest BCUT2D eigenvalue weighted by Gasteiger charge is 2.37. The summed E-state index contributed by atoms with van der Waals surface area (Å²) in [6, 6.07) is 14.3. The second kappa shape index (κ2) is 6.90. The van der Waals surface area contributed by atoms with Crippen LogP contribution in [0.25, 0.3) is 5.57 Å². The molecule has 150 valence electrons. The molecule has 2 aliphatic rings. The van der Waals surface area contributed by atoms with Crippen molar-refractivity contribution in [2.75, 3.05) is 0 Å². The number of hydrogen-bond acceptors (Lipinski definition) is 0. The first-order valence-corrected chi connectivity index (χ1v) is 11.1. The normalized spacial score (nSPS) is 20.1. The first kappa shape index (κ1) is 19.5. The maximum Gasteiger partial charge on any atom is 0 e. The average molecular weight is 375 g/mol. The van der Waals surface area contributed by atoms with Crippen LogP contribution in [0.5, 0.6) is 0 Å². The van der Waals surface area contributed by atoms with Gasteiger partial charge in [-0.1, -0.05) is 75.2 Å². The van der Waals surface area contributed by atoms with E-state index in [1.54, 1.807) is 16.7 Å². The standard InChI is InChI=1S/C28H36.H2/c1-19-11-13-22(14-12-19)26(21-9-7-8-10-21)23-18-25-24(17-20(23)2)27(3,4)15-16-28(25,5)6;/h11-14,17-18H,7-10,15-16H2,1-6H3;1H. The molecule has 0 N–H and O–H groups in total. The smallest absolute Gasteiger partial charge is 0 e. The Kier molecular flexibility index (Phi) is 4.81. The highest BCUT2D eigenvalue weighted by atomic mass is 14.4. The fraction of sp³-hybridized carbons (Fsp3) is 0.500. The maximum atomic E-state index is 2.58. The van der Waals surface area contributed by atoms with Gasteiger partial charge in [0.15, 0.2) is 0 Å². The van der Waals surface area contributed by atoms with Crippen LogP contribution in [0.4, 0.5) is 0 Å². The molecule has 28 heavy (non-hydrogen) atoms. The van der Waals surface area contributed by atoms with Crippen molar-refractivity contribution >= 4 is 5.57 Å². The van der Waals surface area contributed by atoms with Crippen LogP contribution in [0.15, 0.2) is 42.0 Å². The number of aryl methyl sites for hydroxylation is 2. The summed E-state index contributed by atoms with van der Waals surface area (Å²) in [6.45, 7) is 14.2. The molecule has 0 spiro atoms. The molecule has 0 bridgehead atoms. The van der Waals surface area contributed by atoms with Gasteiger partial charge in [-0.3, -0.25) is 0 Å². The predicted molar refractivity (Wildman–Crippen MR) is 124 cm³/mol. The SMILES string of the molecule is Cc1ccc(C(=C2CCCC2)c2cc3c(cc2C)C(C)(C)CCC3(C)C)cc1.[HH]. The van der Waals surface area contributed by atoms with Crippen molar-refractivity contribution < 1.29 is 1.43 Å². The van der Waals surface area contributed by atoms with Crippen LogP contribution in [-0.2, 0) is 10.8 Å². The van der Waals surface area contributed by atoms with Gasteiger partial charge in [-0.25, -0.2) is 0 Å². The van der Waals surface area contributed by atoms with Gasteiger partial charge in [-0.05, 0) is 96.6 Å². The van der Waals surface area contributed by atoms with E-state index in [0.29, 0.717) is 0 Å². The predicted octanol–water partition coefficient (Wildman–Crippen LogP) is 8.27. The fourth-order valence-electron chi connectivity index (χ4n) is 5.31. The third-order valence-electron chi connectivity index (χ3n) is 7.37. The highest BCUT2D eigenvalue weighted by molar-refractivity contribution is 5.84. The zero-order chi connectivity index (χ0) is 20.1. The first-order valence-electron chi connectivity index (χ1n) is 11.1. The van der Waals surface area contributed by atoms with E-state index < -0.39 is 0 Å². The molecule has 0 unspecified atom stereocenters. The van der Waals surface area contributed by atoms with Crippen LogP contribution < -0.4 is 0 Å². The number of allylic oxidation sites excluding steroid dienone is 1. The Bertz CT molecular complexity index is 918. The van der Waals surface area contributed by atoms with E-state index in [-0.39, 0.29) is 12.3 Å². The van der Waals surface area contributed by atoms with E-state index >= 15 is 0 Å². The van der Waals surface area contributed by atoms with Gasteiger partial charge in [0.2, 0.25) is 0 Å². The van der Waals surface area contributed by atoms with E-state index in [4.69, 9.17) is 0 Å². The van der Waals surface area contributed by atoms with E-state index in [9.17, 15) is 0 Å². The summed E-state index contributed by atoms with van der Waals surface area (Å²) in [5.74, 6) is 0. The Morgan fingerprint density at radius 3 is 1.89 bits per heavy atom. The molecule has 4 rings (SSSR count). The van der Waals surface area contributed by atoms with Crippen LogP contribution in [0, 0.1) is 13.8 Å². The van der Waals surface area contributed by atoms with Crippen LogP contribution >= 0.6 is 0 Å². The molecule has 2 aromatic rings. The fourth-order valence-corrected chi connectivity index (χ4v) is 5.31. The van der Waals surface area contributed by atoms with Crippen molar-refractivity contribution in [3.05, 3.63) is 75.4 Å². The Morgan fingerprint density at radius 2 is 1.32 bits per heavy atom. The Morgan fingerprint density at radius 1 is 0.786 bits per heavy atom. The van der Waals surface area contributed by atoms with E-state index in [0.717, 1.165) is 0 Å². The molecule has 0 aliphatic heterocycles. The minimum atomic E-state index is 0. The third kappa shape index (κ3) is 3.36. The number of fused-ring (bicyclic) bond motifs is 1. The molecule has 1 saturated carbocycles. The number of benzene rings is 2. The molecule has 2 aromatic carbocycles. The Balaban J connectivity index is 0.00000240. The van der Waals surface area contributed by atoms with Gasteiger partial charge >= 0.3 is 0 Å². The van der Waals surface area contributed by atoms with Gasteiger partial charge < -0.3 is 0 Å². The summed E-state index contributed by atoms with van der Waals surface area (Å²) in [5.41, 5.74) is 12.5. The molecule has 1 fully saturated rings. The molecule has 0 saturated heterocycles. The van der Waals surface area contributed by atoms with E-state index in [1.165, 1.54) is 66.4 Å². The molecule has 0 heterocycles. The third-order valence-corrected chi connectivity index (χ3v) is 7.37. The molecule has 2 aliphatic carbocycles. The van der Waals surface area contributed by atoms with Gasteiger partial charge in [0, 0.05) is 1.43 Å². The van der Waals surface area contributed by atoms with Crippen molar-refractivity contribution in [1.82, 2.24) is 0 Å². The molecule has 0 radical (unpaired) electrons. The first-order chi connectivity index (χ1) is 13.2. The summed E-state index contributed by atoms with van der Waals surface area (Å²) in [5, 5.41) is 0. The highest BCUT2D eigenvalue weighted by Crippen LogP contribution is 2.48. The lowest BCUT2D eigenvalue weighted by Gasteiger charge is -2.42. The topological polar surface area (TPSA) is 0 Å². The average Bonchev–Trinajstić information content (AvgIpc) is 3.16. The molecule has 0 atom stereocenters. The van der Waals surface area contributed by atoms with Crippen LogP contribution in [0.3, 0.4) is 0 Å². The zero-order valence-electron chi connectivity index (χ0n) is 18.7. The molecular formula is C28H38. The molecule has 0 aromatic heterocycles. The lowest BCUT2D eigenvalue weighted by atomic mass is 9.62. The second-order valence-electron chi connectivity index (χ2n) is 10.5. The van der Waals surface area contributed by atoms with E-state index in [2.05, 4.69) is 77.9 Å². The summed E-state index contributed by atoms with van der Waals surface area (Å²) in [4.78, 5) is 0. The molecule has 0 amide bonds. The molecular weight excluding hydrogens is 336 g/mol. The lowest BCUT2D eigenvalue weighted by molar-refractivity contribution is 0.331. The molecule has 0 heteroatoms. The van der Waals surface area contributed by atoms with Crippen molar-refractivity contribution in [3.63, 3.8) is 0 Å². The largest absolute Gasteiger partial charge is 0.0618 e. The quantitative estimate of drug-likeness (QED) is 0.496. The van der Waals surface area contributed by atoms with Gasteiger partial charge in [0.05, 0.1) is 0 Å². The minimum Gasteiger partial charge on any atom is -0.0618 e. The Labute approximate surface area is 173 Å². The Hall–Kier alpha value is -1.82. The molecule has 0 nitrogen and oxygen atoms in total. The van der Waals surface area contributed by atoms with Crippen molar-refractivity contribution in [1.29, 1.82) is 0 Å². The van der Waals surface area contributed by atoms with Crippen molar-refractivity contribution in [2.24, 2.45) is 0 Å². The van der Waals surface area contributed by atoms with Crippen molar-refractivity contribution in [3.8, 4) is 0 Å².